The fraction of sp³-hybridized carbons (Fsp3) is 0.0769. The minimum Gasteiger partial charge on any atom is -0.0577 e. The molecule has 2 aromatic carbocycles. The van der Waals surface area contributed by atoms with Crippen molar-refractivity contribution >= 4 is 38.5 Å². The third kappa shape index (κ3) is 3.31. The fourth-order valence-electron chi connectivity index (χ4n) is 1.44. The van der Waals surface area contributed by atoms with Crippen molar-refractivity contribution in [2.24, 2.45) is 0 Å². The molecule has 0 nitrogen and oxygen atoms in total. The van der Waals surface area contributed by atoms with Gasteiger partial charge in [0.05, 0.1) is 0 Å². The lowest BCUT2D eigenvalue weighted by atomic mass is 10.1. The summed E-state index contributed by atoms with van der Waals surface area (Å²) in [6.07, 6.45) is 1.00. The average molecular weight is 373 g/mol. The van der Waals surface area contributed by atoms with E-state index in [1.54, 1.807) is 0 Å². The first-order valence-electron chi connectivity index (χ1n) is 4.73. The zero-order valence-electron chi connectivity index (χ0n) is 8.08. The van der Waals surface area contributed by atoms with Crippen LogP contribution < -0.4 is 0 Å². The van der Waals surface area contributed by atoms with Gasteiger partial charge in [-0.25, -0.2) is 0 Å². The average Bonchev–Trinajstić information content (AvgIpc) is 2.25. The Morgan fingerprint density at radius 2 is 1.27 bits per heavy atom. The Bertz CT molecular complexity index is 388. The molecule has 0 N–H and O–H groups in total. The minimum atomic E-state index is 1.00. The van der Waals surface area contributed by atoms with Gasteiger partial charge >= 0.3 is 0 Å². The highest BCUT2D eigenvalue weighted by Gasteiger charge is 1.96. The van der Waals surface area contributed by atoms with Crippen LogP contribution in [0.5, 0.6) is 0 Å². The normalized spacial score (nSPS) is 10.3. The van der Waals surface area contributed by atoms with E-state index < -0.39 is 0 Å². The summed E-state index contributed by atoms with van der Waals surface area (Å²) in [5.41, 5.74) is 2.71. The second-order valence-corrected chi connectivity index (χ2v) is 5.59. The molecule has 0 heterocycles. The molecule has 15 heavy (non-hydrogen) atoms. The van der Waals surface area contributed by atoms with Crippen LogP contribution in [0, 0.1) is 3.57 Å². The van der Waals surface area contributed by atoms with Gasteiger partial charge in [-0.2, -0.15) is 0 Å². The number of rotatable bonds is 2. The zero-order valence-corrected chi connectivity index (χ0v) is 11.8. The van der Waals surface area contributed by atoms with Crippen LogP contribution in [0.15, 0.2) is 53.0 Å². The Kier molecular flexibility index (Phi) is 3.81. The van der Waals surface area contributed by atoms with Crippen molar-refractivity contribution in [3.8, 4) is 0 Å². The van der Waals surface area contributed by atoms with Gasteiger partial charge in [-0.05, 0) is 64.4 Å². The van der Waals surface area contributed by atoms with Gasteiger partial charge in [0.15, 0.2) is 0 Å². The summed E-state index contributed by atoms with van der Waals surface area (Å²) < 4.78 is 2.42. The highest BCUT2D eigenvalue weighted by molar-refractivity contribution is 14.1. The predicted molar refractivity (Wildman–Crippen MR) is 76.1 cm³/mol. The molecule has 0 aromatic heterocycles. The van der Waals surface area contributed by atoms with Crippen LogP contribution in [0.1, 0.15) is 11.1 Å². The lowest BCUT2D eigenvalue weighted by Gasteiger charge is -2.02. The molecule has 0 saturated carbocycles. The molecule has 0 fully saturated rings. The third-order valence-electron chi connectivity index (χ3n) is 2.23. The molecule has 0 spiro atoms. The number of hydrogen-bond acceptors (Lipinski definition) is 0. The standard InChI is InChI=1S/C13H10BrI/c14-12-5-1-10(2-6-12)9-11-3-7-13(15)8-4-11/h1-8H,9H2. The third-order valence-corrected chi connectivity index (χ3v) is 3.48. The molecule has 0 saturated heterocycles. The monoisotopic (exact) mass is 372 g/mol. The first-order chi connectivity index (χ1) is 7.24. The summed E-state index contributed by atoms with van der Waals surface area (Å²) in [5, 5.41) is 0. The Hall–Kier alpha value is -0.350. The van der Waals surface area contributed by atoms with Crippen LogP contribution in [-0.2, 0) is 6.42 Å². The highest BCUT2D eigenvalue weighted by Crippen LogP contribution is 2.15. The van der Waals surface area contributed by atoms with Crippen LogP contribution in [-0.4, -0.2) is 0 Å². The lowest BCUT2D eigenvalue weighted by molar-refractivity contribution is 1.19. The van der Waals surface area contributed by atoms with E-state index in [1.807, 2.05) is 0 Å². The van der Waals surface area contributed by atoms with E-state index in [1.165, 1.54) is 14.7 Å². The van der Waals surface area contributed by atoms with E-state index in [0.717, 1.165) is 10.9 Å². The van der Waals surface area contributed by atoms with E-state index >= 15 is 0 Å². The zero-order chi connectivity index (χ0) is 10.7. The molecule has 0 aliphatic carbocycles. The van der Waals surface area contributed by atoms with Crippen LogP contribution in [0.2, 0.25) is 0 Å². The van der Waals surface area contributed by atoms with Crippen LogP contribution >= 0.6 is 38.5 Å². The summed E-state index contributed by atoms with van der Waals surface area (Å²) >= 11 is 5.77. The highest BCUT2D eigenvalue weighted by atomic mass is 127. The van der Waals surface area contributed by atoms with Gasteiger partial charge in [0, 0.05) is 8.04 Å². The van der Waals surface area contributed by atoms with Gasteiger partial charge < -0.3 is 0 Å². The van der Waals surface area contributed by atoms with Crippen molar-refractivity contribution in [1.29, 1.82) is 0 Å². The van der Waals surface area contributed by atoms with Crippen molar-refractivity contribution in [3.05, 3.63) is 67.7 Å². The summed E-state index contributed by atoms with van der Waals surface area (Å²) in [4.78, 5) is 0. The van der Waals surface area contributed by atoms with Crippen molar-refractivity contribution < 1.29 is 0 Å². The van der Waals surface area contributed by atoms with E-state index in [0.29, 0.717) is 0 Å². The van der Waals surface area contributed by atoms with Gasteiger partial charge in [-0.1, -0.05) is 40.2 Å². The molecule has 76 valence electrons. The largest absolute Gasteiger partial charge is 0.0577 e. The van der Waals surface area contributed by atoms with Crippen LogP contribution in [0.3, 0.4) is 0 Å². The second-order valence-electron chi connectivity index (χ2n) is 3.43. The number of halogens is 2. The predicted octanol–water partition coefficient (Wildman–Crippen LogP) is 4.64. The van der Waals surface area contributed by atoms with Gasteiger partial charge in [0.1, 0.15) is 0 Å². The molecule has 0 radical (unpaired) electrons. The molecule has 0 bridgehead atoms. The van der Waals surface area contributed by atoms with E-state index in [-0.39, 0.29) is 0 Å². The molecule has 0 aliphatic heterocycles. The topological polar surface area (TPSA) is 0 Å². The van der Waals surface area contributed by atoms with Gasteiger partial charge in [-0.15, -0.1) is 0 Å². The first kappa shape index (κ1) is 11.1. The maximum Gasteiger partial charge on any atom is 0.0175 e. The van der Waals surface area contributed by atoms with E-state index in [4.69, 9.17) is 0 Å². The fourth-order valence-corrected chi connectivity index (χ4v) is 2.06. The molecular weight excluding hydrogens is 363 g/mol. The summed E-state index contributed by atoms with van der Waals surface area (Å²) in [5.74, 6) is 0. The van der Waals surface area contributed by atoms with Gasteiger partial charge in [0.25, 0.3) is 0 Å². The van der Waals surface area contributed by atoms with E-state index in [2.05, 4.69) is 87.1 Å². The Balaban J connectivity index is 2.15. The number of benzene rings is 2. The Morgan fingerprint density at radius 3 is 1.80 bits per heavy atom. The summed E-state index contributed by atoms with van der Waals surface area (Å²) in [7, 11) is 0. The quantitative estimate of drug-likeness (QED) is 0.673. The molecule has 0 unspecified atom stereocenters. The Labute approximate surface area is 112 Å². The molecule has 0 amide bonds. The molecule has 0 atom stereocenters. The van der Waals surface area contributed by atoms with Gasteiger partial charge in [-0.3, -0.25) is 0 Å². The minimum absolute atomic E-state index is 1.00. The maximum atomic E-state index is 3.44. The van der Waals surface area contributed by atoms with Crippen molar-refractivity contribution in [2.75, 3.05) is 0 Å². The van der Waals surface area contributed by atoms with Gasteiger partial charge in [0.2, 0.25) is 0 Å². The summed E-state index contributed by atoms with van der Waals surface area (Å²) in [6, 6.07) is 17.1. The molecular formula is C13H10BrI. The molecule has 2 aromatic rings. The smallest absolute Gasteiger partial charge is 0.0175 e. The van der Waals surface area contributed by atoms with Crippen molar-refractivity contribution in [1.82, 2.24) is 0 Å². The maximum absolute atomic E-state index is 3.44. The Morgan fingerprint density at radius 1 is 0.800 bits per heavy atom. The van der Waals surface area contributed by atoms with Crippen molar-refractivity contribution in [2.45, 2.75) is 6.42 Å². The van der Waals surface area contributed by atoms with Crippen LogP contribution in [0.25, 0.3) is 0 Å². The molecule has 2 heteroatoms. The van der Waals surface area contributed by atoms with Crippen LogP contribution in [0.4, 0.5) is 0 Å². The molecule has 0 aliphatic rings. The lowest BCUT2D eigenvalue weighted by Crippen LogP contribution is -1.87. The second kappa shape index (κ2) is 5.12. The molecule has 2 rings (SSSR count). The summed E-state index contributed by atoms with van der Waals surface area (Å²) in [6.45, 7) is 0. The van der Waals surface area contributed by atoms with E-state index in [9.17, 15) is 0 Å². The number of hydrogen-bond donors (Lipinski definition) is 0. The first-order valence-corrected chi connectivity index (χ1v) is 6.60. The SMILES string of the molecule is Brc1ccc(Cc2ccc(I)cc2)cc1. The van der Waals surface area contributed by atoms with Crippen molar-refractivity contribution in [3.63, 3.8) is 0 Å².